The Bertz CT molecular complexity index is 1030. The van der Waals surface area contributed by atoms with Crippen LogP contribution in [0.15, 0.2) is 58.3 Å². The molecule has 3 aromatic rings. The zero-order valence-electron chi connectivity index (χ0n) is 15.7. The van der Waals surface area contributed by atoms with E-state index >= 15 is 0 Å². The van der Waals surface area contributed by atoms with Crippen molar-refractivity contribution in [1.29, 1.82) is 0 Å². The minimum Gasteiger partial charge on any atom is -0.468 e. The number of piperidine rings is 1. The summed E-state index contributed by atoms with van der Waals surface area (Å²) in [6.45, 7) is 2.48. The van der Waals surface area contributed by atoms with Gasteiger partial charge in [0.1, 0.15) is 16.3 Å². The van der Waals surface area contributed by atoms with Gasteiger partial charge in [-0.25, -0.2) is 18.4 Å². The van der Waals surface area contributed by atoms with Gasteiger partial charge in [0.15, 0.2) is 15.7 Å². The van der Waals surface area contributed by atoms with E-state index in [0.717, 1.165) is 38.2 Å². The molecule has 28 heavy (non-hydrogen) atoms. The van der Waals surface area contributed by atoms with E-state index in [-0.39, 0.29) is 10.8 Å². The van der Waals surface area contributed by atoms with Crippen molar-refractivity contribution in [2.45, 2.75) is 30.2 Å². The Labute approximate surface area is 164 Å². The fourth-order valence-corrected chi connectivity index (χ4v) is 4.40. The van der Waals surface area contributed by atoms with Gasteiger partial charge in [-0.05, 0) is 50.2 Å². The number of likely N-dealkylation sites (tertiary alicyclic amines) is 1. The van der Waals surface area contributed by atoms with Crippen LogP contribution >= 0.6 is 0 Å². The SMILES string of the molecule is CS(=O)(=O)c1cnc(-c2ccccn2)nc1C1CCN(Cc2ccco2)CC1. The van der Waals surface area contributed by atoms with Crippen molar-refractivity contribution in [3.63, 3.8) is 0 Å². The predicted molar refractivity (Wildman–Crippen MR) is 104 cm³/mol. The van der Waals surface area contributed by atoms with E-state index in [1.165, 1.54) is 12.5 Å². The number of nitrogens with zero attached hydrogens (tertiary/aromatic N) is 4. The molecular formula is C20H22N4O3S. The minimum absolute atomic E-state index is 0.0723. The molecule has 8 heteroatoms. The summed E-state index contributed by atoms with van der Waals surface area (Å²) in [4.78, 5) is 15.7. The highest BCUT2D eigenvalue weighted by Gasteiger charge is 2.28. The summed E-state index contributed by atoms with van der Waals surface area (Å²) in [6.07, 6.45) is 7.67. The molecule has 1 saturated heterocycles. The van der Waals surface area contributed by atoms with E-state index in [1.807, 2.05) is 30.3 Å². The molecule has 4 rings (SSSR count). The molecule has 0 radical (unpaired) electrons. The number of sulfone groups is 1. The Morgan fingerprint density at radius 1 is 1.14 bits per heavy atom. The molecule has 0 aliphatic carbocycles. The maximum atomic E-state index is 12.3. The minimum atomic E-state index is -3.41. The number of hydrogen-bond donors (Lipinski definition) is 0. The molecule has 0 spiro atoms. The van der Waals surface area contributed by atoms with Gasteiger partial charge in [-0.1, -0.05) is 6.07 Å². The Balaban J connectivity index is 1.59. The van der Waals surface area contributed by atoms with E-state index in [2.05, 4.69) is 19.9 Å². The molecule has 0 saturated carbocycles. The van der Waals surface area contributed by atoms with E-state index in [4.69, 9.17) is 4.42 Å². The highest BCUT2D eigenvalue weighted by Crippen LogP contribution is 2.32. The van der Waals surface area contributed by atoms with Gasteiger partial charge in [-0.15, -0.1) is 0 Å². The number of aromatic nitrogens is 3. The highest BCUT2D eigenvalue weighted by atomic mass is 32.2. The molecule has 3 aromatic heterocycles. The van der Waals surface area contributed by atoms with Crippen LogP contribution in [0.1, 0.15) is 30.2 Å². The summed E-state index contributed by atoms with van der Waals surface area (Å²) in [7, 11) is -3.41. The van der Waals surface area contributed by atoms with Crippen LogP contribution in [0.5, 0.6) is 0 Å². The van der Waals surface area contributed by atoms with Crippen molar-refractivity contribution < 1.29 is 12.8 Å². The second kappa shape index (κ2) is 7.81. The van der Waals surface area contributed by atoms with Crippen molar-refractivity contribution in [2.75, 3.05) is 19.3 Å². The summed E-state index contributed by atoms with van der Waals surface area (Å²) in [5, 5.41) is 0. The molecule has 0 amide bonds. The average Bonchev–Trinajstić information content (AvgIpc) is 3.21. The Kier molecular flexibility index (Phi) is 5.23. The van der Waals surface area contributed by atoms with Crippen molar-refractivity contribution in [1.82, 2.24) is 19.9 Å². The average molecular weight is 398 g/mol. The first-order chi connectivity index (χ1) is 13.5. The first-order valence-corrected chi connectivity index (χ1v) is 11.1. The lowest BCUT2D eigenvalue weighted by Gasteiger charge is -2.31. The molecule has 7 nitrogen and oxygen atoms in total. The number of pyridine rings is 1. The topological polar surface area (TPSA) is 89.2 Å². The van der Waals surface area contributed by atoms with Gasteiger partial charge < -0.3 is 4.42 Å². The van der Waals surface area contributed by atoms with Crippen LogP contribution in [0.3, 0.4) is 0 Å². The Morgan fingerprint density at radius 2 is 1.96 bits per heavy atom. The predicted octanol–water partition coefficient (Wildman–Crippen LogP) is 2.91. The van der Waals surface area contributed by atoms with Crippen molar-refractivity contribution in [3.8, 4) is 11.5 Å². The Morgan fingerprint density at radius 3 is 2.61 bits per heavy atom. The summed E-state index contributed by atoms with van der Waals surface area (Å²) in [5.74, 6) is 1.47. The first kappa shape index (κ1) is 18.8. The number of furan rings is 1. The largest absolute Gasteiger partial charge is 0.468 e. The maximum absolute atomic E-state index is 12.3. The lowest BCUT2D eigenvalue weighted by molar-refractivity contribution is 0.189. The first-order valence-electron chi connectivity index (χ1n) is 9.24. The molecule has 0 N–H and O–H groups in total. The van der Waals surface area contributed by atoms with Crippen LogP contribution in [-0.2, 0) is 16.4 Å². The summed E-state index contributed by atoms with van der Waals surface area (Å²) < 4.78 is 30.0. The molecule has 146 valence electrons. The van der Waals surface area contributed by atoms with Crippen LogP contribution in [0.25, 0.3) is 11.5 Å². The summed E-state index contributed by atoms with van der Waals surface area (Å²) >= 11 is 0. The van der Waals surface area contributed by atoms with Gasteiger partial charge in [0.05, 0.1) is 18.5 Å². The maximum Gasteiger partial charge on any atom is 0.178 e. The van der Waals surface area contributed by atoms with Crippen LogP contribution in [0.2, 0.25) is 0 Å². The van der Waals surface area contributed by atoms with Crippen molar-refractivity contribution in [3.05, 3.63) is 60.4 Å². The van der Waals surface area contributed by atoms with Crippen LogP contribution in [0, 0.1) is 0 Å². The smallest absolute Gasteiger partial charge is 0.178 e. The van der Waals surface area contributed by atoms with E-state index in [9.17, 15) is 8.42 Å². The second-order valence-corrected chi connectivity index (χ2v) is 9.04. The van der Waals surface area contributed by atoms with Gasteiger partial charge in [0.2, 0.25) is 0 Å². The Hall–Kier alpha value is -2.58. The standard InChI is InChI=1S/C20H22N4O3S/c1-28(25,26)18-13-22-20(17-6-2-3-9-21-17)23-19(18)15-7-10-24(11-8-15)14-16-5-4-12-27-16/h2-6,9,12-13,15H,7-8,10-11,14H2,1H3. The van der Waals surface area contributed by atoms with Crippen LogP contribution in [-0.4, -0.2) is 47.6 Å². The van der Waals surface area contributed by atoms with E-state index in [1.54, 1.807) is 12.5 Å². The third-order valence-electron chi connectivity index (χ3n) is 5.01. The molecule has 4 heterocycles. The molecular weight excluding hydrogens is 376 g/mol. The van der Waals surface area contributed by atoms with Gasteiger partial charge in [0.25, 0.3) is 0 Å². The molecule has 1 aliphatic heterocycles. The van der Waals surface area contributed by atoms with Gasteiger partial charge >= 0.3 is 0 Å². The monoisotopic (exact) mass is 398 g/mol. The molecule has 0 bridgehead atoms. The molecule has 0 aromatic carbocycles. The fourth-order valence-electron chi connectivity index (χ4n) is 3.57. The molecule has 0 unspecified atom stereocenters. The van der Waals surface area contributed by atoms with Gasteiger partial charge in [0, 0.05) is 24.6 Å². The van der Waals surface area contributed by atoms with Crippen LogP contribution < -0.4 is 0 Å². The molecule has 1 fully saturated rings. The van der Waals surface area contributed by atoms with Gasteiger partial charge in [-0.3, -0.25) is 9.88 Å². The summed E-state index contributed by atoms with van der Waals surface area (Å²) in [5.41, 5.74) is 1.25. The molecule has 0 atom stereocenters. The second-order valence-electron chi connectivity index (χ2n) is 7.06. The highest BCUT2D eigenvalue weighted by molar-refractivity contribution is 7.90. The quantitative estimate of drug-likeness (QED) is 0.653. The van der Waals surface area contributed by atoms with Gasteiger partial charge in [-0.2, -0.15) is 0 Å². The molecule has 1 aliphatic rings. The third kappa shape index (κ3) is 4.13. The zero-order chi connectivity index (χ0) is 19.6. The van der Waals surface area contributed by atoms with Crippen LogP contribution in [0.4, 0.5) is 0 Å². The normalized spacial score (nSPS) is 16.3. The summed E-state index contributed by atoms with van der Waals surface area (Å²) in [6, 6.07) is 9.37. The lowest BCUT2D eigenvalue weighted by atomic mass is 9.93. The van der Waals surface area contributed by atoms with E-state index in [0.29, 0.717) is 17.2 Å². The third-order valence-corrected chi connectivity index (χ3v) is 6.12. The van der Waals surface area contributed by atoms with Crippen molar-refractivity contribution in [2.24, 2.45) is 0 Å². The fraction of sp³-hybridized carbons (Fsp3) is 0.350. The zero-order valence-corrected chi connectivity index (χ0v) is 16.5. The van der Waals surface area contributed by atoms with E-state index < -0.39 is 9.84 Å². The van der Waals surface area contributed by atoms with Crippen molar-refractivity contribution >= 4 is 9.84 Å². The number of hydrogen-bond acceptors (Lipinski definition) is 7. The lowest BCUT2D eigenvalue weighted by Crippen LogP contribution is -2.33. The number of rotatable bonds is 5.